The van der Waals surface area contributed by atoms with Gasteiger partial charge in [-0.1, -0.05) is 33.1 Å². The zero-order valence-electron chi connectivity index (χ0n) is 11.9. The van der Waals surface area contributed by atoms with Gasteiger partial charge in [-0.2, -0.15) is 0 Å². The molecule has 0 aromatic rings. The van der Waals surface area contributed by atoms with E-state index in [1.165, 1.54) is 32.1 Å². The molecule has 1 aliphatic heterocycles. The lowest BCUT2D eigenvalue weighted by molar-refractivity contribution is -0.125. The molecule has 2 aliphatic rings. The SMILES string of the molecule is CC1CCNC(C(=O)NC2CCCCCC2C)C1. The summed E-state index contributed by atoms with van der Waals surface area (Å²) in [7, 11) is 0. The summed E-state index contributed by atoms with van der Waals surface area (Å²) in [5.74, 6) is 1.55. The molecule has 104 valence electrons. The quantitative estimate of drug-likeness (QED) is 0.741. The number of amides is 1. The highest BCUT2D eigenvalue weighted by Gasteiger charge is 2.28. The molecule has 3 nitrogen and oxygen atoms in total. The van der Waals surface area contributed by atoms with Crippen molar-refractivity contribution in [1.82, 2.24) is 10.6 Å². The topological polar surface area (TPSA) is 41.1 Å². The van der Waals surface area contributed by atoms with Gasteiger partial charge >= 0.3 is 0 Å². The second-order valence-electron chi connectivity index (χ2n) is 6.37. The van der Waals surface area contributed by atoms with Gasteiger partial charge in [0.25, 0.3) is 0 Å². The van der Waals surface area contributed by atoms with Crippen LogP contribution in [-0.4, -0.2) is 24.5 Å². The first-order valence-corrected chi connectivity index (χ1v) is 7.70. The highest BCUT2D eigenvalue weighted by Crippen LogP contribution is 2.23. The molecular weight excluding hydrogens is 224 g/mol. The lowest BCUT2D eigenvalue weighted by Crippen LogP contribution is -2.52. The molecule has 4 atom stereocenters. The molecule has 18 heavy (non-hydrogen) atoms. The van der Waals surface area contributed by atoms with Crippen LogP contribution in [0.4, 0.5) is 0 Å². The number of carbonyl (C=O) groups is 1. The molecule has 1 saturated heterocycles. The van der Waals surface area contributed by atoms with Crippen LogP contribution in [0.15, 0.2) is 0 Å². The molecule has 2 fully saturated rings. The zero-order valence-corrected chi connectivity index (χ0v) is 11.9. The Hall–Kier alpha value is -0.570. The van der Waals surface area contributed by atoms with Crippen LogP contribution < -0.4 is 10.6 Å². The maximum absolute atomic E-state index is 12.3. The molecule has 0 radical (unpaired) electrons. The van der Waals surface area contributed by atoms with Crippen molar-refractivity contribution in [3.8, 4) is 0 Å². The van der Waals surface area contributed by atoms with Gasteiger partial charge < -0.3 is 10.6 Å². The first kappa shape index (κ1) is 13.9. The fraction of sp³-hybridized carbons (Fsp3) is 0.933. The number of nitrogens with one attached hydrogen (secondary N) is 2. The Bertz CT molecular complexity index is 280. The second-order valence-corrected chi connectivity index (χ2v) is 6.37. The Labute approximate surface area is 111 Å². The predicted molar refractivity (Wildman–Crippen MR) is 74.4 cm³/mol. The molecule has 4 unspecified atom stereocenters. The molecule has 0 bridgehead atoms. The molecule has 1 heterocycles. The van der Waals surface area contributed by atoms with Crippen molar-refractivity contribution in [3.05, 3.63) is 0 Å². The summed E-state index contributed by atoms with van der Waals surface area (Å²) >= 11 is 0. The van der Waals surface area contributed by atoms with Gasteiger partial charge in [-0.25, -0.2) is 0 Å². The van der Waals surface area contributed by atoms with E-state index in [2.05, 4.69) is 24.5 Å². The van der Waals surface area contributed by atoms with E-state index in [-0.39, 0.29) is 11.9 Å². The van der Waals surface area contributed by atoms with Gasteiger partial charge in [-0.05, 0) is 44.1 Å². The van der Waals surface area contributed by atoms with Gasteiger partial charge in [0, 0.05) is 6.04 Å². The third kappa shape index (κ3) is 3.71. The van der Waals surface area contributed by atoms with E-state index in [0.29, 0.717) is 17.9 Å². The van der Waals surface area contributed by atoms with Crippen LogP contribution in [0.1, 0.15) is 58.8 Å². The summed E-state index contributed by atoms with van der Waals surface area (Å²) in [6.45, 7) is 5.52. The van der Waals surface area contributed by atoms with E-state index in [1.54, 1.807) is 0 Å². The smallest absolute Gasteiger partial charge is 0.237 e. The van der Waals surface area contributed by atoms with Gasteiger partial charge in [0.15, 0.2) is 0 Å². The molecule has 0 aromatic carbocycles. The molecule has 0 spiro atoms. The minimum absolute atomic E-state index is 0.0456. The molecule has 1 saturated carbocycles. The maximum atomic E-state index is 12.3. The highest BCUT2D eigenvalue weighted by molar-refractivity contribution is 5.82. The molecular formula is C15H28N2O. The van der Waals surface area contributed by atoms with Crippen LogP contribution in [-0.2, 0) is 4.79 Å². The van der Waals surface area contributed by atoms with Crippen LogP contribution in [0.3, 0.4) is 0 Å². The van der Waals surface area contributed by atoms with Crippen molar-refractivity contribution in [2.75, 3.05) is 6.54 Å². The number of hydrogen-bond acceptors (Lipinski definition) is 2. The summed E-state index contributed by atoms with van der Waals surface area (Å²) < 4.78 is 0. The Morgan fingerprint density at radius 1 is 1.11 bits per heavy atom. The zero-order chi connectivity index (χ0) is 13.0. The van der Waals surface area contributed by atoms with Gasteiger partial charge in [-0.15, -0.1) is 0 Å². The summed E-state index contributed by atoms with van der Waals surface area (Å²) in [4.78, 5) is 12.3. The van der Waals surface area contributed by atoms with Crippen molar-refractivity contribution in [2.24, 2.45) is 11.8 Å². The lowest BCUT2D eigenvalue weighted by atomic mass is 9.92. The fourth-order valence-corrected chi connectivity index (χ4v) is 3.30. The van der Waals surface area contributed by atoms with Crippen LogP contribution in [0.2, 0.25) is 0 Å². The van der Waals surface area contributed by atoms with Crippen molar-refractivity contribution in [2.45, 2.75) is 70.9 Å². The normalized spacial score (nSPS) is 37.9. The third-order valence-electron chi connectivity index (χ3n) is 4.67. The van der Waals surface area contributed by atoms with E-state index < -0.39 is 0 Å². The standard InChI is InChI=1S/C15H28N2O/c1-11-8-9-16-14(10-11)15(18)17-13-7-5-3-4-6-12(13)2/h11-14,16H,3-10H2,1-2H3,(H,17,18). The summed E-state index contributed by atoms with van der Waals surface area (Å²) in [6, 6.07) is 0.447. The predicted octanol–water partition coefficient (Wildman–Crippen LogP) is 2.46. The summed E-state index contributed by atoms with van der Waals surface area (Å²) in [6.07, 6.45) is 8.54. The first-order chi connectivity index (χ1) is 8.66. The van der Waals surface area contributed by atoms with E-state index >= 15 is 0 Å². The minimum Gasteiger partial charge on any atom is -0.352 e. The molecule has 1 aliphatic carbocycles. The Kier molecular flexibility index (Phi) is 5.04. The largest absolute Gasteiger partial charge is 0.352 e. The molecule has 0 aromatic heterocycles. The molecule has 2 rings (SSSR count). The number of piperidine rings is 1. The highest BCUT2D eigenvalue weighted by atomic mass is 16.2. The third-order valence-corrected chi connectivity index (χ3v) is 4.67. The lowest BCUT2D eigenvalue weighted by Gasteiger charge is -2.30. The van der Waals surface area contributed by atoms with E-state index in [1.807, 2.05) is 0 Å². The van der Waals surface area contributed by atoms with Crippen molar-refractivity contribution in [1.29, 1.82) is 0 Å². The Morgan fingerprint density at radius 3 is 2.67 bits per heavy atom. The molecule has 1 amide bonds. The maximum Gasteiger partial charge on any atom is 0.237 e. The summed E-state index contributed by atoms with van der Waals surface area (Å²) in [5.41, 5.74) is 0. The average Bonchev–Trinajstić information content (AvgIpc) is 2.55. The molecule has 3 heteroatoms. The van der Waals surface area contributed by atoms with Gasteiger partial charge in [0.2, 0.25) is 5.91 Å². The monoisotopic (exact) mass is 252 g/mol. The van der Waals surface area contributed by atoms with Crippen molar-refractivity contribution >= 4 is 5.91 Å². The Balaban J connectivity index is 1.85. The van der Waals surface area contributed by atoms with Crippen LogP contribution in [0.5, 0.6) is 0 Å². The minimum atomic E-state index is 0.0456. The van der Waals surface area contributed by atoms with E-state index in [0.717, 1.165) is 19.4 Å². The number of carbonyl (C=O) groups excluding carboxylic acids is 1. The van der Waals surface area contributed by atoms with Gasteiger partial charge in [0.05, 0.1) is 6.04 Å². The van der Waals surface area contributed by atoms with Crippen LogP contribution >= 0.6 is 0 Å². The summed E-state index contributed by atoms with van der Waals surface area (Å²) in [5, 5.41) is 6.65. The number of hydrogen-bond donors (Lipinski definition) is 2. The Morgan fingerprint density at radius 2 is 1.89 bits per heavy atom. The second kappa shape index (κ2) is 6.55. The first-order valence-electron chi connectivity index (χ1n) is 7.70. The molecule has 2 N–H and O–H groups in total. The van der Waals surface area contributed by atoms with Crippen LogP contribution in [0.25, 0.3) is 0 Å². The fourth-order valence-electron chi connectivity index (χ4n) is 3.30. The van der Waals surface area contributed by atoms with Gasteiger partial charge in [0.1, 0.15) is 0 Å². The van der Waals surface area contributed by atoms with E-state index in [9.17, 15) is 4.79 Å². The van der Waals surface area contributed by atoms with Gasteiger partial charge in [-0.3, -0.25) is 4.79 Å². The average molecular weight is 252 g/mol. The van der Waals surface area contributed by atoms with Crippen molar-refractivity contribution < 1.29 is 4.79 Å². The number of rotatable bonds is 2. The van der Waals surface area contributed by atoms with E-state index in [4.69, 9.17) is 0 Å². The van der Waals surface area contributed by atoms with Crippen LogP contribution in [0, 0.1) is 11.8 Å². The van der Waals surface area contributed by atoms with Crippen molar-refractivity contribution in [3.63, 3.8) is 0 Å².